The van der Waals surface area contributed by atoms with E-state index in [9.17, 15) is 9.59 Å². The lowest BCUT2D eigenvalue weighted by molar-refractivity contribution is -0.144. The normalized spacial score (nSPS) is 17.2. The number of carbonyl (C=O) groups excluding carboxylic acids is 1. The largest absolute Gasteiger partial charge is 0.478 e. The zero-order valence-electron chi connectivity index (χ0n) is 10.3. The number of H-pyrrole nitrogens is 1. The van der Waals surface area contributed by atoms with Crippen molar-refractivity contribution >= 4 is 17.6 Å². The van der Waals surface area contributed by atoms with Crippen LogP contribution in [0.1, 0.15) is 10.4 Å². The molecule has 3 rings (SSSR count). The molecule has 1 atom stereocenters. The Hall–Kier alpha value is -2.83. The number of para-hydroxylation sites is 2. The smallest absolute Gasteiger partial charge is 0.346 e. The maximum absolute atomic E-state index is 12.4. The molecule has 0 spiro atoms. The zero-order valence-corrected chi connectivity index (χ0v) is 10.3. The number of aliphatic carboxylic acids is 1. The fraction of sp³-hybridized carbons (Fsp3) is 0.154. The number of nitrogens with zero attached hydrogens (tertiary/aromatic N) is 2. The number of hydrogen-bond donors (Lipinski definition) is 2. The second-order valence-corrected chi connectivity index (χ2v) is 4.32. The molecule has 0 radical (unpaired) electrons. The minimum atomic E-state index is -1.11. The Morgan fingerprint density at radius 2 is 2.20 bits per heavy atom. The monoisotopic (exact) mass is 273 g/mol. The predicted molar refractivity (Wildman–Crippen MR) is 68.8 cm³/mol. The Morgan fingerprint density at radius 1 is 1.40 bits per heavy atom. The molecule has 2 heterocycles. The molecule has 2 aromatic rings. The van der Waals surface area contributed by atoms with Crippen LogP contribution in [0.5, 0.6) is 5.75 Å². The van der Waals surface area contributed by atoms with Crippen LogP contribution in [-0.2, 0) is 4.79 Å². The first-order chi connectivity index (χ1) is 9.66. The molecule has 1 aliphatic rings. The second kappa shape index (κ2) is 4.69. The van der Waals surface area contributed by atoms with Crippen LogP contribution in [-0.4, -0.2) is 39.8 Å². The molecule has 2 N–H and O–H groups in total. The van der Waals surface area contributed by atoms with E-state index in [2.05, 4.69) is 10.2 Å². The Bertz CT molecular complexity index is 653. The number of rotatable bonds is 2. The minimum absolute atomic E-state index is 0.0453. The predicted octanol–water partition coefficient (Wildman–Crippen LogP) is 0.902. The molecule has 1 aromatic heterocycles. The molecule has 20 heavy (non-hydrogen) atoms. The molecule has 7 nitrogen and oxygen atoms in total. The van der Waals surface area contributed by atoms with E-state index in [4.69, 9.17) is 9.84 Å². The van der Waals surface area contributed by atoms with Crippen molar-refractivity contribution in [3.63, 3.8) is 0 Å². The average Bonchev–Trinajstić information content (AvgIpc) is 2.99. The molecule has 0 saturated carbocycles. The van der Waals surface area contributed by atoms with Gasteiger partial charge in [-0.1, -0.05) is 12.1 Å². The van der Waals surface area contributed by atoms with Gasteiger partial charge in [-0.2, -0.15) is 5.10 Å². The van der Waals surface area contributed by atoms with Gasteiger partial charge < -0.3 is 14.7 Å². The van der Waals surface area contributed by atoms with E-state index in [-0.39, 0.29) is 12.5 Å². The van der Waals surface area contributed by atoms with Gasteiger partial charge in [0, 0.05) is 6.20 Å². The third-order valence-electron chi connectivity index (χ3n) is 3.04. The van der Waals surface area contributed by atoms with E-state index >= 15 is 0 Å². The van der Waals surface area contributed by atoms with Gasteiger partial charge in [0.15, 0.2) is 0 Å². The third-order valence-corrected chi connectivity index (χ3v) is 3.04. The Balaban J connectivity index is 2.01. The molecule has 1 aliphatic heterocycles. The van der Waals surface area contributed by atoms with Crippen molar-refractivity contribution in [1.82, 2.24) is 10.2 Å². The van der Waals surface area contributed by atoms with Gasteiger partial charge in [0.1, 0.15) is 5.75 Å². The number of aromatic amines is 1. The van der Waals surface area contributed by atoms with Crippen LogP contribution in [0.25, 0.3) is 0 Å². The van der Waals surface area contributed by atoms with Crippen LogP contribution in [0.3, 0.4) is 0 Å². The summed E-state index contributed by atoms with van der Waals surface area (Å²) < 4.78 is 5.37. The van der Waals surface area contributed by atoms with Gasteiger partial charge in [0.2, 0.25) is 6.10 Å². The quantitative estimate of drug-likeness (QED) is 0.847. The van der Waals surface area contributed by atoms with Gasteiger partial charge in [0.25, 0.3) is 5.91 Å². The van der Waals surface area contributed by atoms with Crippen molar-refractivity contribution in [3.8, 4) is 5.75 Å². The number of aromatic nitrogens is 2. The first-order valence-electron chi connectivity index (χ1n) is 5.96. The third kappa shape index (κ3) is 1.99. The number of anilines is 1. The summed E-state index contributed by atoms with van der Waals surface area (Å²) in [4.78, 5) is 24.9. The molecule has 1 unspecified atom stereocenters. The standard InChI is InChI=1S/C13H11N3O4/c17-12(8-5-14-15-6-8)16-7-11(13(18)19)20-10-4-2-1-3-9(10)16/h1-6,11H,7H2,(H,14,15)(H,18,19). The number of ether oxygens (including phenoxy) is 1. The van der Waals surface area contributed by atoms with Crippen LogP contribution in [0.15, 0.2) is 36.7 Å². The van der Waals surface area contributed by atoms with Gasteiger partial charge in [-0.15, -0.1) is 0 Å². The van der Waals surface area contributed by atoms with Crippen molar-refractivity contribution < 1.29 is 19.4 Å². The van der Waals surface area contributed by atoms with E-state index in [1.165, 1.54) is 17.3 Å². The van der Waals surface area contributed by atoms with Gasteiger partial charge >= 0.3 is 5.97 Å². The summed E-state index contributed by atoms with van der Waals surface area (Å²) in [5.74, 6) is -1.05. The van der Waals surface area contributed by atoms with Crippen LogP contribution in [0.4, 0.5) is 5.69 Å². The van der Waals surface area contributed by atoms with E-state index in [0.717, 1.165) is 0 Å². The number of amides is 1. The topological polar surface area (TPSA) is 95.5 Å². The number of carbonyl (C=O) groups is 2. The van der Waals surface area contributed by atoms with Crippen LogP contribution >= 0.6 is 0 Å². The van der Waals surface area contributed by atoms with Gasteiger partial charge in [0.05, 0.1) is 24.0 Å². The van der Waals surface area contributed by atoms with Gasteiger partial charge in [-0.3, -0.25) is 9.89 Å². The van der Waals surface area contributed by atoms with E-state index in [1.54, 1.807) is 24.3 Å². The van der Waals surface area contributed by atoms with Crippen molar-refractivity contribution in [2.24, 2.45) is 0 Å². The maximum atomic E-state index is 12.4. The number of benzene rings is 1. The van der Waals surface area contributed by atoms with E-state index in [1.807, 2.05) is 0 Å². The molecule has 0 aliphatic carbocycles. The number of carboxylic acid groups (broad SMARTS) is 1. The fourth-order valence-corrected chi connectivity index (χ4v) is 2.08. The SMILES string of the molecule is O=C(O)C1CN(C(=O)c2cn[nH]c2)c2ccccc2O1. The van der Waals surface area contributed by atoms with Crippen molar-refractivity contribution in [2.75, 3.05) is 11.4 Å². The lowest BCUT2D eigenvalue weighted by Gasteiger charge is -2.32. The Labute approximate surface area is 113 Å². The van der Waals surface area contributed by atoms with Gasteiger partial charge in [-0.05, 0) is 12.1 Å². The highest BCUT2D eigenvalue weighted by molar-refractivity contribution is 6.07. The Kier molecular flexibility index (Phi) is 2.86. The number of fused-ring (bicyclic) bond motifs is 1. The number of hydrogen-bond acceptors (Lipinski definition) is 4. The average molecular weight is 273 g/mol. The maximum Gasteiger partial charge on any atom is 0.346 e. The number of nitrogens with one attached hydrogen (secondary N) is 1. The van der Waals surface area contributed by atoms with E-state index < -0.39 is 12.1 Å². The van der Waals surface area contributed by atoms with Crippen molar-refractivity contribution in [3.05, 3.63) is 42.2 Å². The second-order valence-electron chi connectivity index (χ2n) is 4.32. The summed E-state index contributed by atoms with van der Waals surface area (Å²) in [6.07, 6.45) is 1.78. The molecule has 1 amide bonds. The first-order valence-corrected chi connectivity index (χ1v) is 5.96. The molecular weight excluding hydrogens is 262 g/mol. The van der Waals surface area contributed by atoms with E-state index in [0.29, 0.717) is 17.0 Å². The molecule has 0 fully saturated rings. The van der Waals surface area contributed by atoms with Crippen LogP contribution in [0.2, 0.25) is 0 Å². The summed E-state index contributed by atoms with van der Waals surface area (Å²) in [6, 6.07) is 6.84. The van der Waals surface area contributed by atoms with Gasteiger partial charge in [-0.25, -0.2) is 4.79 Å². The summed E-state index contributed by atoms with van der Waals surface area (Å²) in [5.41, 5.74) is 0.919. The lowest BCUT2D eigenvalue weighted by atomic mass is 10.1. The summed E-state index contributed by atoms with van der Waals surface area (Å²) in [7, 11) is 0. The van der Waals surface area contributed by atoms with Crippen molar-refractivity contribution in [2.45, 2.75) is 6.10 Å². The molecule has 7 heteroatoms. The highest BCUT2D eigenvalue weighted by Crippen LogP contribution is 2.33. The molecule has 1 aromatic carbocycles. The zero-order chi connectivity index (χ0) is 14.1. The van der Waals surface area contributed by atoms with Crippen LogP contribution in [0, 0.1) is 0 Å². The fourth-order valence-electron chi connectivity index (χ4n) is 2.08. The summed E-state index contributed by atoms with van der Waals surface area (Å²) >= 11 is 0. The van der Waals surface area contributed by atoms with Crippen molar-refractivity contribution in [1.29, 1.82) is 0 Å². The van der Waals surface area contributed by atoms with Crippen LogP contribution < -0.4 is 9.64 Å². The first kappa shape index (κ1) is 12.2. The molecule has 0 bridgehead atoms. The summed E-state index contributed by atoms with van der Waals surface area (Å²) in [6.45, 7) is -0.0453. The highest BCUT2D eigenvalue weighted by atomic mass is 16.5. The molecule has 0 saturated heterocycles. The number of carboxylic acids is 1. The summed E-state index contributed by atoms with van der Waals surface area (Å²) in [5, 5.41) is 15.4. The minimum Gasteiger partial charge on any atom is -0.478 e. The lowest BCUT2D eigenvalue weighted by Crippen LogP contribution is -2.47. The molecular formula is C13H11N3O4. The Morgan fingerprint density at radius 3 is 2.90 bits per heavy atom. The molecule has 102 valence electrons. The highest BCUT2D eigenvalue weighted by Gasteiger charge is 2.34.